The smallest absolute Gasteiger partial charge is 0.269 e. The van der Waals surface area contributed by atoms with Gasteiger partial charge in [0.05, 0.1) is 7.11 Å². The Bertz CT molecular complexity index is 1140. The van der Waals surface area contributed by atoms with Gasteiger partial charge in [-0.2, -0.15) is 10.2 Å². The molecule has 0 fully saturated rings. The van der Waals surface area contributed by atoms with Crippen molar-refractivity contribution in [3.05, 3.63) is 70.2 Å². The van der Waals surface area contributed by atoms with Gasteiger partial charge in [-0.1, -0.05) is 6.07 Å². The van der Waals surface area contributed by atoms with Crippen LogP contribution in [0.1, 0.15) is 5.56 Å². The number of carbonyl (C=O) groups is 1. The molecule has 2 aromatic heterocycles. The number of nitriles is 1. The molecule has 0 aliphatic carbocycles. The molecule has 0 bridgehead atoms. The molecule has 8 heteroatoms. The summed E-state index contributed by atoms with van der Waals surface area (Å²) >= 11 is 0. The third-order valence-corrected chi connectivity index (χ3v) is 3.68. The number of methoxy groups -OCH3 is 1. The van der Waals surface area contributed by atoms with Crippen LogP contribution in [0.25, 0.3) is 11.7 Å². The third kappa shape index (κ3) is 3.62. The number of aromatic nitrogens is 2. The van der Waals surface area contributed by atoms with E-state index < -0.39 is 11.5 Å². The predicted molar refractivity (Wildman–Crippen MR) is 97.3 cm³/mol. The fourth-order valence-corrected chi connectivity index (χ4v) is 2.34. The van der Waals surface area contributed by atoms with Gasteiger partial charge in [0.25, 0.3) is 11.5 Å². The van der Waals surface area contributed by atoms with Gasteiger partial charge in [-0.25, -0.2) is 0 Å². The monoisotopic (exact) mass is 362 g/mol. The molecule has 0 atom stereocenters. The van der Waals surface area contributed by atoms with Crippen molar-refractivity contribution in [2.24, 2.45) is 5.73 Å². The molecule has 3 aromatic rings. The maximum absolute atomic E-state index is 12.8. The zero-order valence-corrected chi connectivity index (χ0v) is 14.2. The van der Waals surface area contributed by atoms with Crippen molar-refractivity contribution in [1.29, 1.82) is 5.26 Å². The van der Waals surface area contributed by atoms with E-state index in [9.17, 15) is 9.59 Å². The van der Waals surface area contributed by atoms with E-state index in [2.05, 4.69) is 4.98 Å². The molecule has 1 amide bonds. The minimum Gasteiger partial charge on any atom is -0.497 e. The van der Waals surface area contributed by atoms with Crippen LogP contribution in [0.2, 0.25) is 0 Å². The van der Waals surface area contributed by atoms with Gasteiger partial charge in [0, 0.05) is 6.20 Å². The van der Waals surface area contributed by atoms with Crippen molar-refractivity contribution in [2.45, 2.75) is 0 Å². The number of benzene rings is 1. The highest BCUT2D eigenvalue weighted by Crippen LogP contribution is 2.25. The maximum atomic E-state index is 12.8. The number of carbonyl (C=O) groups excluding carboxylic acids is 1. The fraction of sp³-hybridized carbons (Fsp3) is 0.0526. The summed E-state index contributed by atoms with van der Waals surface area (Å²) in [6, 6.07) is 13.3. The zero-order valence-electron chi connectivity index (χ0n) is 14.2. The minimum absolute atomic E-state index is 0.0506. The fourth-order valence-electron chi connectivity index (χ4n) is 2.34. The number of fused-ring (bicyclic) bond motifs is 1. The lowest BCUT2D eigenvalue weighted by atomic mass is 10.2. The third-order valence-electron chi connectivity index (χ3n) is 3.68. The van der Waals surface area contributed by atoms with Crippen LogP contribution in [0.4, 0.5) is 0 Å². The molecule has 27 heavy (non-hydrogen) atoms. The van der Waals surface area contributed by atoms with Gasteiger partial charge >= 0.3 is 0 Å². The molecule has 3 rings (SSSR count). The Hall–Kier alpha value is -4.12. The Morgan fingerprint density at radius 1 is 1.22 bits per heavy atom. The van der Waals surface area contributed by atoms with Crippen molar-refractivity contribution in [2.75, 3.05) is 7.11 Å². The second kappa shape index (κ2) is 7.41. The minimum atomic E-state index is -0.953. The van der Waals surface area contributed by atoms with Crippen LogP contribution in [0.3, 0.4) is 0 Å². The Morgan fingerprint density at radius 3 is 2.56 bits per heavy atom. The number of rotatable bonds is 5. The highest BCUT2D eigenvalue weighted by atomic mass is 16.5. The number of hydrogen-bond acceptors (Lipinski definition) is 6. The van der Waals surface area contributed by atoms with Crippen LogP contribution in [0.5, 0.6) is 17.4 Å². The summed E-state index contributed by atoms with van der Waals surface area (Å²) in [6.07, 6.45) is 2.60. The summed E-state index contributed by atoms with van der Waals surface area (Å²) in [5.74, 6) is 0.0283. The van der Waals surface area contributed by atoms with Crippen LogP contribution >= 0.6 is 0 Å². The standard InChI is InChI=1S/C19H14N4O4/c1-26-13-5-7-14(8-6-13)27-18-15(10-12(11-20)17(21)24)19(25)23-9-3-2-4-16(23)22-18/h2-10H,1H3,(H2,21,24). The quantitative estimate of drug-likeness (QED) is 0.547. The van der Waals surface area contributed by atoms with Crippen LogP contribution in [-0.2, 0) is 4.79 Å². The number of nitrogens with two attached hydrogens (primary N) is 1. The Morgan fingerprint density at radius 2 is 1.93 bits per heavy atom. The summed E-state index contributed by atoms with van der Waals surface area (Å²) in [5.41, 5.74) is 4.58. The van der Waals surface area contributed by atoms with E-state index in [0.29, 0.717) is 17.1 Å². The average molecular weight is 362 g/mol. The molecule has 2 N–H and O–H groups in total. The first-order valence-electron chi connectivity index (χ1n) is 7.78. The second-order valence-electron chi connectivity index (χ2n) is 5.38. The lowest BCUT2D eigenvalue weighted by Gasteiger charge is -2.10. The number of hydrogen-bond donors (Lipinski definition) is 1. The van der Waals surface area contributed by atoms with E-state index in [1.165, 1.54) is 17.7 Å². The summed E-state index contributed by atoms with van der Waals surface area (Å²) in [5, 5.41) is 9.10. The number of pyridine rings is 1. The normalized spacial score (nSPS) is 11.0. The molecule has 0 radical (unpaired) electrons. The van der Waals surface area contributed by atoms with Crippen molar-refractivity contribution < 1.29 is 14.3 Å². The molecule has 0 aliphatic heterocycles. The molecule has 8 nitrogen and oxygen atoms in total. The van der Waals surface area contributed by atoms with Crippen LogP contribution in [0.15, 0.2) is 59.0 Å². The van der Waals surface area contributed by atoms with Gasteiger partial charge in [0.15, 0.2) is 0 Å². The van der Waals surface area contributed by atoms with Crippen LogP contribution < -0.4 is 20.8 Å². The maximum Gasteiger partial charge on any atom is 0.269 e. The van der Waals surface area contributed by atoms with E-state index in [-0.39, 0.29) is 17.0 Å². The summed E-state index contributed by atoms with van der Waals surface area (Å²) in [7, 11) is 1.54. The molecular formula is C19H14N4O4. The first-order valence-corrected chi connectivity index (χ1v) is 7.78. The van der Waals surface area contributed by atoms with E-state index in [4.69, 9.17) is 20.5 Å². The topological polar surface area (TPSA) is 120 Å². The highest BCUT2D eigenvalue weighted by molar-refractivity contribution is 6.00. The average Bonchev–Trinajstić information content (AvgIpc) is 2.68. The highest BCUT2D eigenvalue weighted by Gasteiger charge is 2.16. The summed E-state index contributed by atoms with van der Waals surface area (Å²) in [4.78, 5) is 28.6. The molecule has 0 spiro atoms. The van der Waals surface area contributed by atoms with Gasteiger partial charge in [0.1, 0.15) is 34.4 Å². The van der Waals surface area contributed by atoms with E-state index in [1.54, 1.807) is 48.5 Å². The molecule has 134 valence electrons. The lowest BCUT2D eigenvalue weighted by molar-refractivity contribution is -0.114. The number of nitrogens with zero attached hydrogens (tertiary/aromatic N) is 3. The van der Waals surface area contributed by atoms with Gasteiger partial charge in [-0.05, 0) is 42.5 Å². The second-order valence-corrected chi connectivity index (χ2v) is 5.38. The van der Waals surface area contributed by atoms with Crippen molar-refractivity contribution >= 4 is 17.6 Å². The molecule has 1 aromatic carbocycles. The number of ether oxygens (including phenoxy) is 2. The lowest BCUT2D eigenvalue weighted by Crippen LogP contribution is -2.20. The van der Waals surface area contributed by atoms with Gasteiger partial charge in [-0.15, -0.1) is 0 Å². The van der Waals surface area contributed by atoms with Crippen molar-refractivity contribution in [3.63, 3.8) is 0 Å². The Balaban J connectivity index is 2.19. The predicted octanol–water partition coefficient (Wildman–Crippen LogP) is 1.89. The molecule has 0 aliphatic rings. The van der Waals surface area contributed by atoms with Gasteiger partial charge in [0.2, 0.25) is 5.88 Å². The first kappa shape index (κ1) is 17.7. The van der Waals surface area contributed by atoms with E-state index in [0.717, 1.165) is 6.08 Å². The summed E-state index contributed by atoms with van der Waals surface area (Å²) in [6.45, 7) is 0. The Kier molecular flexibility index (Phi) is 4.86. The van der Waals surface area contributed by atoms with Crippen molar-refractivity contribution in [1.82, 2.24) is 9.38 Å². The number of amides is 1. The largest absolute Gasteiger partial charge is 0.497 e. The van der Waals surface area contributed by atoms with Gasteiger partial charge < -0.3 is 15.2 Å². The SMILES string of the molecule is COc1ccc(Oc2nc3ccccn3c(=O)c2C=C(C#N)C(N)=O)cc1. The number of primary amides is 1. The van der Waals surface area contributed by atoms with Crippen molar-refractivity contribution in [3.8, 4) is 23.4 Å². The summed E-state index contributed by atoms with van der Waals surface area (Å²) < 4.78 is 12.1. The zero-order chi connectivity index (χ0) is 19.4. The molecule has 0 saturated heterocycles. The Labute approximate surface area is 153 Å². The molecule has 0 unspecified atom stereocenters. The first-order chi connectivity index (χ1) is 13.0. The van der Waals surface area contributed by atoms with E-state index in [1.807, 2.05) is 0 Å². The molecule has 0 saturated carbocycles. The van der Waals surface area contributed by atoms with Gasteiger partial charge in [-0.3, -0.25) is 14.0 Å². The van der Waals surface area contributed by atoms with Crippen LogP contribution in [0, 0.1) is 11.3 Å². The van der Waals surface area contributed by atoms with Crippen LogP contribution in [-0.4, -0.2) is 22.4 Å². The molecule has 2 heterocycles. The van der Waals surface area contributed by atoms with E-state index >= 15 is 0 Å². The molecular weight excluding hydrogens is 348 g/mol.